The molecule has 2 rings (SSSR count). The highest BCUT2D eigenvalue weighted by molar-refractivity contribution is 5.41. The Morgan fingerprint density at radius 1 is 1.30 bits per heavy atom. The first-order valence-electron chi connectivity index (χ1n) is 6.47. The molecule has 0 amide bonds. The molecule has 20 heavy (non-hydrogen) atoms. The summed E-state index contributed by atoms with van der Waals surface area (Å²) < 4.78 is 5.35. The van der Waals surface area contributed by atoms with Gasteiger partial charge in [-0.1, -0.05) is 18.2 Å². The van der Waals surface area contributed by atoms with Crippen LogP contribution in [0.5, 0.6) is 5.75 Å². The van der Waals surface area contributed by atoms with Gasteiger partial charge in [0.2, 0.25) is 0 Å². The second kappa shape index (κ2) is 6.58. The lowest BCUT2D eigenvalue weighted by molar-refractivity contribution is 0.409. The molecule has 0 radical (unpaired) electrons. The van der Waals surface area contributed by atoms with Crippen LogP contribution in [0.25, 0.3) is 0 Å². The van der Waals surface area contributed by atoms with Crippen LogP contribution in [0.2, 0.25) is 0 Å². The zero-order valence-electron chi connectivity index (χ0n) is 11.6. The zero-order valence-corrected chi connectivity index (χ0v) is 11.6. The predicted molar refractivity (Wildman–Crippen MR) is 78.7 cm³/mol. The quantitative estimate of drug-likeness (QED) is 0.904. The van der Waals surface area contributed by atoms with Crippen LogP contribution in [0, 0.1) is 11.3 Å². The van der Waals surface area contributed by atoms with Gasteiger partial charge in [0, 0.05) is 12.2 Å². The first-order chi connectivity index (χ1) is 9.72. The highest BCUT2D eigenvalue weighted by Gasteiger charge is 2.08. The fraction of sp³-hybridized carbons (Fsp3) is 0.250. The fourth-order valence-corrected chi connectivity index (χ4v) is 2.05. The summed E-state index contributed by atoms with van der Waals surface area (Å²) in [4.78, 5) is 4.21. The van der Waals surface area contributed by atoms with E-state index in [9.17, 15) is 0 Å². The largest absolute Gasteiger partial charge is 0.496 e. The van der Waals surface area contributed by atoms with Crippen molar-refractivity contribution in [2.24, 2.45) is 0 Å². The number of methoxy groups -OCH3 is 1. The van der Waals surface area contributed by atoms with Crippen LogP contribution in [0.1, 0.15) is 18.1 Å². The van der Waals surface area contributed by atoms with Crippen molar-refractivity contribution < 1.29 is 4.74 Å². The molecule has 4 heteroatoms. The van der Waals surface area contributed by atoms with Gasteiger partial charge in [0.1, 0.15) is 17.6 Å². The average Bonchev–Trinajstić information content (AvgIpc) is 2.48. The summed E-state index contributed by atoms with van der Waals surface area (Å²) in [7, 11) is 1.68. The van der Waals surface area contributed by atoms with Gasteiger partial charge in [-0.05, 0) is 37.1 Å². The van der Waals surface area contributed by atoms with Crippen LogP contribution >= 0.6 is 0 Å². The van der Waals surface area contributed by atoms with Gasteiger partial charge in [-0.25, -0.2) is 4.98 Å². The van der Waals surface area contributed by atoms with E-state index in [0.29, 0.717) is 5.56 Å². The first kappa shape index (κ1) is 13.9. The van der Waals surface area contributed by atoms with E-state index in [2.05, 4.69) is 29.4 Å². The Hall–Kier alpha value is -2.54. The van der Waals surface area contributed by atoms with Gasteiger partial charge >= 0.3 is 0 Å². The minimum Gasteiger partial charge on any atom is -0.496 e. The molecule has 0 unspecified atom stereocenters. The van der Waals surface area contributed by atoms with Gasteiger partial charge in [-0.15, -0.1) is 0 Å². The number of ether oxygens (including phenoxy) is 1. The van der Waals surface area contributed by atoms with Crippen molar-refractivity contribution in [2.75, 3.05) is 12.4 Å². The summed E-state index contributed by atoms with van der Waals surface area (Å²) in [5, 5.41) is 12.1. The Morgan fingerprint density at radius 3 is 2.75 bits per heavy atom. The summed E-state index contributed by atoms with van der Waals surface area (Å²) in [5.41, 5.74) is 1.72. The average molecular weight is 267 g/mol. The van der Waals surface area contributed by atoms with E-state index in [-0.39, 0.29) is 6.04 Å². The molecule has 1 heterocycles. The SMILES string of the molecule is COc1ccccc1C[C@@H](C)Nc1ccc(C#N)cn1. The molecule has 0 spiro atoms. The third kappa shape index (κ3) is 3.48. The second-order valence-electron chi connectivity index (χ2n) is 4.61. The van der Waals surface area contributed by atoms with Gasteiger partial charge in [-0.3, -0.25) is 0 Å². The molecule has 4 nitrogen and oxygen atoms in total. The summed E-state index contributed by atoms with van der Waals surface area (Å²) >= 11 is 0. The third-order valence-corrected chi connectivity index (χ3v) is 3.01. The molecule has 0 aliphatic rings. The molecular weight excluding hydrogens is 250 g/mol. The van der Waals surface area contributed by atoms with Gasteiger partial charge in [0.25, 0.3) is 0 Å². The maximum absolute atomic E-state index is 8.74. The molecule has 0 fully saturated rings. The molecular formula is C16H17N3O. The number of hydrogen-bond donors (Lipinski definition) is 1. The van der Waals surface area contributed by atoms with Crippen LogP contribution < -0.4 is 10.1 Å². The van der Waals surface area contributed by atoms with Crippen molar-refractivity contribution >= 4 is 5.82 Å². The fourth-order valence-electron chi connectivity index (χ4n) is 2.05. The number of hydrogen-bond acceptors (Lipinski definition) is 4. The lowest BCUT2D eigenvalue weighted by atomic mass is 10.1. The topological polar surface area (TPSA) is 57.9 Å². The van der Waals surface area contributed by atoms with Crippen LogP contribution in [0.15, 0.2) is 42.6 Å². The standard InChI is InChI=1S/C16H17N3O/c1-12(9-14-5-3-4-6-15(14)20-2)19-16-8-7-13(10-17)11-18-16/h3-8,11-12H,9H2,1-2H3,(H,18,19)/t12-/m1/s1. The molecule has 0 saturated carbocycles. The van der Waals surface area contributed by atoms with Gasteiger partial charge < -0.3 is 10.1 Å². The van der Waals surface area contributed by atoms with E-state index in [1.54, 1.807) is 19.4 Å². The molecule has 1 N–H and O–H groups in total. The molecule has 0 saturated heterocycles. The minimum absolute atomic E-state index is 0.215. The van der Waals surface area contributed by atoms with Crippen LogP contribution in [-0.2, 0) is 6.42 Å². The number of aromatic nitrogens is 1. The summed E-state index contributed by atoms with van der Waals surface area (Å²) in [5.74, 6) is 1.67. The molecule has 1 aromatic heterocycles. The molecule has 1 aromatic carbocycles. The van der Waals surface area contributed by atoms with Crippen molar-refractivity contribution in [2.45, 2.75) is 19.4 Å². The Morgan fingerprint density at radius 2 is 2.10 bits per heavy atom. The summed E-state index contributed by atoms with van der Waals surface area (Å²) in [6.45, 7) is 2.09. The van der Waals surface area contributed by atoms with E-state index in [0.717, 1.165) is 23.6 Å². The van der Waals surface area contributed by atoms with Gasteiger partial charge in [0.15, 0.2) is 0 Å². The van der Waals surface area contributed by atoms with Crippen LogP contribution in [0.4, 0.5) is 5.82 Å². The van der Waals surface area contributed by atoms with Crippen molar-refractivity contribution in [1.29, 1.82) is 5.26 Å². The van der Waals surface area contributed by atoms with E-state index in [1.165, 1.54) is 0 Å². The predicted octanol–water partition coefficient (Wildman–Crippen LogP) is 3.00. The van der Waals surface area contributed by atoms with Crippen molar-refractivity contribution in [3.05, 3.63) is 53.7 Å². The number of pyridine rings is 1. The minimum atomic E-state index is 0.215. The number of nitriles is 1. The summed E-state index contributed by atoms with van der Waals surface area (Å²) in [6, 6.07) is 13.8. The maximum Gasteiger partial charge on any atom is 0.126 e. The normalized spacial score (nSPS) is 11.4. The molecule has 2 aromatic rings. The maximum atomic E-state index is 8.74. The molecule has 102 valence electrons. The number of nitrogens with zero attached hydrogens (tertiary/aromatic N) is 2. The monoisotopic (exact) mass is 267 g/mol. The van der Waals surface area contributed by atoms with E-state index >= 15 is 0 Å². The zero-order chi connectivity index (χ0) is 14.4. The van der Waals surface area contributed by atoms with Crippen molar-refractivity contribution in [3.8, 4) is 11.8 Å². The number of nitrogens with one attached hydrogen (secondary N) is 1. The lowest BCUT2D eigenvalue weighted by Gasteiger charge is -2.16. The number of anilines is 1. The van der Waals surface area contributed by atoms with E-state index in [1.807, 2.05) is 24.3 Å². The second-order valence-corrected chi connectivity index (χ2v) is 4.61. The summed E-state index contributed by atoms with van der Waals surface area (Å²) in [6.07, 6.45) is 2.41. The highest BCUT2D eigenvalue weighted by atomic mass is 16.5. The number of para-hydroxylation sites is 1. The van der Waals surface area contributed by atoms with Crippen molar-refractivity contribution in [3.63, 3.8) is 0 Å². The Kier molecular flexibility index (Phi) is 4.56. The molecule has 0 bridgehead atoms. The number of benzene rings is 1. The number of rotatable bonds is 5. The van der Waals surface area contributed by atoms with Crippen LogP contribution in [0.3, 0.4) is 0 Å². The van der Waals surface area contributed by atoms with Crippen LogP contribution in [-0.4, -0.2) is 18.1 Å². The molecule has 1 atom stereocenters. The Bertz CT molecular complexity index is 602. The van der Waals surface area contributed by atoms with Gasteiger partial charge in [0.05, 0.1) is 12.7 Å². The van der Waals surface area contributed by atoms with E-state index < -0.39 is 0 Å². The molecule has 0 aliphatic carbocycles. The van der Waals surface area contributed by atoms with E-state index in [4.69, 9.17) is 10.00 Å². The third-order valence-electron chi connectivity index (χ3n) is 3.01. The van der Waals surface area contributed by atoms with Crippen molar-refractivity contribution in [1.82, 2.24) is 4.98 Å². The smallest absolute Gasteiger partial charge is 0.126 e. The molecule has 0 aliphatic heterocycles. The first-order valence-corrected chi connectivity index (χ1v) is 6.47. The Balaban J connectivity index is 2.01. The van der Waals surface area contributed by atoms with Gasteiger partial charge in [-0.2, -0.15) is 5.26 Å². The highest BCUT2D eigenvalue weighted by Crippen LogP contribution is 2.19. The lowest BCUT2D eigenvalue weighted by Crippen LogP contribution is -2.19. The Labute approximate surface area is 119 Å².